The number of rotatable bonds is 3. The summed E-state index contributed by atoms with van der Waals surface area (Å²) in [6.45, 7) is 0. The smallest absolute Gasteiger partial charge is 0.360 e. The molecular weight excluding hydrogens is 340 g/mol. The van der Waals surface area contributed by atoms with E-state index < -0.39 is 17.4 Å². The van der Waals surface area contributed by atoms with Crippen LogP contribution in [-0.2, 0) is 9.47 Å². The van der Waals surface area contributed by atoms with Crippen LogP contribution in [0.25, 0.3) is 10.8 Å². The molecule has 2 atom stereocenters. The Morgan fingerprint density at radius 1 is 0.963 bits per heavy atom. The number of nitrogens with zero attached hydrogens (tertiary/aromatic N) is 1. The lowest BCUT2D eigenvalue weighted by molar-refractivity contribution is -0.352. The molecule has 3 aromatic rings. The summed E-state index contributed by atoms with van der Waals surface area (Å²) in [5, 5.41) is 12.0. The van der Waals surface area contributed by atoms with Gasteiger partial charge in [-0.1, -0.05) is 66.7 Å². The van der Waals surface area contributed by atoms with Gasteiger partial charge in [-0.15, -0.1) is 0 Å². The van der Waals surface area contributed by atoms with Gasteiger partial charge in [0.15, 0.2) is 0 Å². The molecule has 136 valence electrons. The standard InChI is InChI=1S/C22H20N2O3/c1-25-22(26-2)21(24,14-23)19(16-9-4-3-5-10-16)18-13-12-15-8-6-7-11-17(15)20(18)27-22/h3-13,19H,24H2,1-2H3/t19-,21-/m1/s1. The Morgan fingerprint density at radius 2 is 1.63 bits per heavy atom. The molecule has 0 unspecified atom stereocenters. The first kappa shape index (κ1) is 17.5. The summed E-state index contributed by atoms with van der Waals surface area (Å²) in [6, 6.07) is 23.7. The second-order valence-electron chi connectivity index (χ2n) is 6.60. The van der Waals surface area contributed by atoms with E-state index >= 15 is 0 Å². The molecule has 3 aromatic carbocycles. The summed E-state index contributed by atoms with van der Waals surface area (Å²) in [5.41, 5.74) is 6.77. The first-order valence-electron chi connectivity index (χ1n) is 8.66. The first-order chi connectivity index (χ1) is 13.1. The third kappa shape index (κ3) is 2.35. The molecule has 0 bridgehead atoms. The van der Waals surface area contributed by atoms with Crippen LogP contribution < -0.4 is 10.5 Å². The van der Waals surface area contributed by atoms with Crippen LogP contribution in [0, 0.1) is 11.3 Å². The highest BCUT2D eigenvalue weighted by Gasteiger charge is 2.63. The highest BCUT2D eigenvalue weighted by atomic mass is 16.9. The molecule has 0 amide bonds. The highest BCUT2D eigenvalue weighted by molar-refractivity contribution is 5.90. The minimum absolute atomic E-state index is 0.503. The number of hydrogen-bond acceptors (Lipinski definition) is 5. The van der Waals surface area contributed by atoms with Crippen LogP contribution in [0.15, 0.2) is 66.7 Å². The van der Waals surface area contributed by atoms with Crippen molar-refractivity contribution in [3.63, 3.8) is 0 Å². The van der Waals surface area contributed by atoms with E-state index in [1.54, 1.807) is 0 Å². The molecule has 0 saturated heterocycles. The molecule has 5 heteroatoms. The van der Waals surface area contributed by atoms with Gasteiger partial charge in [-0.05, 0) is 10.9 Å². The number of benzene rings is 3. The largest absolute Gasteiger partial charge is 0.436 e. The zero-order chi connectivity index (χ0) is 19.1. The first-order valence-corrected chi connectivity index (χ1v) is 8.66. The predicted molar refractivity (Wildman–Crippen MR) is 102 cm³/mol. The molecule has 5 nitrogen and oxygen atoms in total. The Bertz CT molecular complexity index is 1020. The summed E-state index contributed by atoms with van der Waals surface area (Å²) in [4.78, 5) is 0. The zero-order valence-corrected chi connectivity index (χ0v) is 15.2. The molecule has 0 aliphatic carbocycles. The molecule has 2 N–H and O–H groups in total. The Labute approximate surface area is 157 Å². The van der Waals surface area contributed by atoms with Gasteiger partial charge in [-0.25, -0.2) is 0 Å². The van der Waals surface area contributed by atoms with Crippen molar-refractivity contribution in [2.75, 3.05) is 14.2 Å². The van der Waals surface area contributed by atoms with Crippen molar-refractivity contribution in [1.29, 1.82) is 5.26 Å². The molecule has 0 spiro atoms. The number of nitrogens with two attached hydrogens (primary N) is 1. The highest BCUT2D eigenvalue weighted by Crippen LogP contribution is 2.52. The van der Waals surface area contributed by atoms with Crippen LogP contribution in [0.4, 0.5) is 0 Å². The minimum atomic E-state index is -1.75. The lowest BCUT2D eigenvalue weighted by atomic mass is 9.72. The lowest BCUT2D eigenvalue weighted by Gasteiger charge is -2.49. The van der Waals surface area contributed by atoms with Gasteiger partial charge in [0.25, 0.3) is 0 Å². The van der Waals surface area contributed by atoms with E-state index in [4.69, 9.17) is 19.9 Å². The third-order valence-corrected chi connectivity index (χ3v) is 5.27. The topological polar surface area (TPSA) is 77.5 Å². The molecule has 4 rings (SSSR count). The van der Waals surface area contributed by atoms with Gasteiger partial charge in [0.1, 0.15) is 5.75 Å². The molecule has 1 aliphatic heterocycles. The van der Waals surface area contributed by atoms with Gasteiger partial charge >= 0.3 is 5.97 Å². The van der Waals surface area contributed by atoms with Crippen molar-refractivity contribution < 1.29 is 14.2 Å². The number of hydrogen-bond donors (Lipinski definition) is 1. The fourth-order valence-electron chi connectivity index (χ4n) is 3.97. The Balaban J connectivity index is 2.09. The van der Waals surface area contributed by atoms with Crippen LogP contribution in [0.1, 0.15) is 17.0 Å². The molecule has 0 aromatic heterocycles. The zero-order valence-electron chi connectivity index (χ0n) is 15.2. The predicted octanol–water partition coefficient (Wildman–Crippen LogP) is 3.53. The van der Waals surface area contributed by atoms with Crippen LogP contribution in [-0.4, -0.2) is 25.7 Å². The van der Waals surface area contributed by atoms with E-state index in [1.165, 1.54) is 14.2 Å². The van der Waals surface area contributed by atoms with Crippen LogP contribution >= 0.6 is 0 Å². The summed E-state index contributed by atoms with van der Waals surface area (Å²) in [7, 11) is 2.86. The minimum Gasteiger partial charge on any atom is -0.436 e. The molecule has 0 fully saturated rings. The third-order valence-electron chi connectivity index (χ3n) is 5.27. The van der Waals surface area contributed by atoms with Crippen molar-refractivity contribution in [3.05, 3.63) is 77.9 Å². The molecular formula is C22H20N2O3. The van der Waals surface area contributed by atoms with E-state index in [0.717, 1.165) is 21.9 Å². The van der Waals surface area contributed by atoms with E-state index in [1.807, 2.05) is 66.7 Å². The van der Waals surface area contributed by atoms with Crippen molar-refractivity contribution in [1.82, 2.24) is 0 Å². The number of fused-ring (bicyclic) bond motifs is 3. The van der Waals surface area contributed by atoms with Gasteiger partial charge in [0.05, 0.1) is 12.0 Å². The monoisotopic (exact) mass is 360 g/mol. The van der Waals surface area contributed by atoms with E-state index in [9.17, 15) is 5.26 Å². The maximum atomic E-state index is 10.1. The molecule has 27 heavy (non-hydrogen) atoms. The molecule has 1 aliphatic rings. The van der Waals surface area contributed by atoms with Gasteiger partial charge in [-0.2, -0.15) is 5.26 Å². The summed E-state index contributed by atoms with van der Waals surface area (Å²) >= 11 is 0. The van der Waals surface area contributed by atoms with Gasteiger partial charge in [-0.3, -0.25) is 0 Å². The Hall–Kier alpha value is -2.91. The summed E-state index contributed by atoms with van der Waals surface area (Å²) < 4.78 is 17.4. The number of methoxy groups -OCH3 is 2. The Kier molecular flexibility index (Phi) is 4.12. The second kappa shape index (κ2) is 6.36. The number of nitriles is 1. The van der Waals surface area contributed by atoms with Gasteiger partial charge < -0.3 is 19.9 Å². The SMILES string of the molecule is COC1(OC)Oc2c(ccc3ccccc23)[C@@H](c2ccccc2)[C@]1(N)C#N. The average Bonchev–Trinajstić information content (AvgIpc) is 2.73. The maximum absolute atomic E-state index is 10.1. The second-order valence-corrected chi connectivity index (χ2v) is 6.60. The quantitative estimate of drug-likeness (QED) is 0.723. The summed E-state index contributed by atoms with van der Waals surface area (Å²) in [6.07, 6.45) is 0. The van der Waals surface area contributed by atoms with E-state index in [2.05, 4.69) is 6.07 Å². The van der Waals surface area contributed by atoms with Gasteiger partial charge in [0, 0.05) is 25.2 Å². The van der Waals surface area contributed by atoms with Crippen LogP contribution in [0.3, 0.4) is 0 Å². The molecule has 1 heterocycles. The van der Waals surface area contributed by atoms with Crippen molar-refractivity contribution in [3.8, 4) is 11.8 Å². The van der Waals surface area contributed by atoms with E-state index in [-0.39, 0.29) is 0 Å². The fraction of sp³-hybridized carbons (Fsp3) is 0.227. The van der Waals surface area contributed by atoms with Gasteiger partial charge in [0.2, 0.25) is 5.54 Å². The Morgan fingerprint density at radius 3 is 2.30 bits per heavy atom. The van der Waals surface area contributed by atoms with Crippen molar-refractivity contribution in [2.45, 2.75) is 17.4 Å². The average molecular weight is 360 g/mol. The van der Waals surface area contributed by atoms with Crippen molar-refractivity contribution in [2.24, 2.45) is 5.73 Å². The van der Waals surface area contributed by atoms with E-state index in [0.29, 0.717) is 5.75 Å². The fourth-order valence-corrected chi connectivity index (χ4v) is 3.97. The van der Waals surface area contributed by atoms with Crippen LogP contribution in [0.5, 0.6) is 5.75 Å². The van der Waals surface area contributed by atoms with Crippen LogP contribution in [0.2, 0.25) is 0 Å². The lowest BCUT2D eigenvalue weighted by Crippen LogP contribution is -2.70. The summed E-state index contributed by atoms with van der Waals surface area (Å²) in [5.74, 6) is -1.64. The molecule has 0 radical (unpaired) electrons. The normalized spacial score (nSPS) is 23.3. The molecule has 0 saturated carbocycles. The van der Waals surface area contributed by atoms with Crippen molar-refractivity contribution >= 4 is 10.8 Å². The number of ether oxygens (including phenoxy) is 3. The maximum Gasteiger partial charge on any atom is 0.360 e.